The maximum Gasteiger partial charge on any atom is 0.169 e. The van der Waals surface area contributed by atoms with Gasteiger partial charge in [-0.05, 0) is 78.8 Å². The molecular formula is C24H26O. The number of allylic oxidation sites excluding steroid dienone is 2. The molecule has 0 heterocycles. The Morgan fingerprint density at radius 2 is 2.08 bits per heavy atom. The van der Waals surface area contributed by atoms with Gasteiger partial charge in [-0.25, -0.2) is 0 Å². The molecule has 25 heavy (non-hydrogen) atoms. The van der Waals surface area contributed by atoms with Gasteiger partial charge in [-0.3, -0.25) is 4.79 Å². The lowest BCUT2D eigenvalue weighted by atomic mass is 9.63. The summed E-state index contributed by atoms with van der Waals surface area (Å²) in [6.45, 7) is 2.24. The minimum Gasteiger partial charge on any atom is -0.294 e. The third-order valence-corrected chi connectivity index (χ3v) is 7.01. The first-order valence-electron chi connectivity index (χ1n) is 9.98. The summed E-state index contributed by atoms with van der Waals surface area (Å²) in [4.78, 5) is 13.5. The molecule has 1 nitrogen and oxygen atoms in total. The highest BCUT2D eigenvalue weighted by molar-refractivity contribution is 6.06. The molecule has 0 saturated heterocycles. The van der Waals surface area contributed by atoms with Crippen LogP contribution in [0.1, 0.15) is 66.9 Å². The minimum absolute atomic E-state index is 0.0637. The molecule has 0 aromatic heterocycles. The number of unbranched alkanes of at least 4 members (excludes halogenated alkanes) is 1. The van der Waals surface area contributed by atoms with Crippen molar-refractivity contribution in [3.8, 4) is 0 Å². The van der Waals surface area contributed by atoms with Crippen molar-refractivity contribution < 1.29 is 4.79 Å². The molecule has 1 heteroatoms. The van der Waals surface area contributed by atoms with Gasteiger partial charge in [0, 0.05) is 11.0 Å². The molecule has 2 unspecified atom stereocenters. The Bertz CT molecular complexity index is 904. The van der Waals surface area contributed by atoms with Crippen LogP contribution in [0.3, 0.4) is 0 Å². The van der Waals surface area contributed by atoms with Gasteiger partial charge in [0.05, 0.1) is 0 Å². The van der Waals surface area contributed by atoms with Crippen LogP contribution in [0.5, 0.6) is 0 Å². The number of rotatable bonds is 3. The van der Waals surface area contributed by atoms with Gasteiger partial charge in [0.15, 0.2) is 5.78 Å². The first kappa shape index (κ1) is 15.4. The van der Waals surface area contributed by atoms with Crippen LogP contribution in [0, 0.1) is 11.3 Å². The predicted molar refractivity (Wildman–Crippen MR) is 103 cm³/mol. The molecule has 0 aliphatic heterocycles. The smallest absolute Gasteiger partial charge is 0.169 e. The summed E-state index contributed by atoms with van der Waals surface area (Å²) >= 11 is 0. The van der Waals surface area contributed by atoms with Gasteiger partial charge >= 0.3 is 0 Å². The molecule has 1 fully saturated rings. The van der Waals surface area contributed by atoms with E-state index in [2.05, 4.69) is 43.3 Å². The molecule has 0 amide bonds. The van der Waals surface area contributed by atoms with Crippen LogP contribution in [-0.4, -0.2) is 5.78 Å². The van der Waals surface area contributed by atoms with Crippen LogP contribution in [-0.2, 0) is 12.8 Å². The maximum absolute atomic E-state index is 13.5. The summed E-state index contributed by atoms with van der Waals surface area (Å²) in [7, 11) is 0. The van der Waals surface area contributed by atoms with E-state index in [9.17, 15) is 4.79 Å². The largest absolute Gasteiger partial charge is 0.294 e. The third kappa shape index (κ3) is 2.25. The Morgan fingerprint density at radius 3 is 2.84 bits per heavy atom. The van der Waals surface area contributed by atoms with E-state index >= 15 is 0 Å². The number of benzene rings is 2. The summed E-state index contributed by atoms with van der Waals surface area (Å²) in [5.74, 6) is 1.02. The topological polar surface area (TPSA) is 17.1 Å². The second-order valence-corrected chi connectivity index (χ2v) is 8.46. The van der Waals surface area contributed by atoms with Crippen molar-refractivity contribution in [2.75, 3.05) is 0 Å². The van der Waals surface area contributed by atoms with E-state index in [1.54, 1.807) is 5.57 Å². The van der Waals surface area contributed by atoms with Crippen molar-refractivity contribution in [2.45, 2.75) is 58.3 Å². The zero-order valence-electron chi connectivity index (χ0n) is 15.1. The third-order valence-electron chi connectivity index (χ3n) is 7.01. The van der Waals surface area contributed by atoms with Crippen molar-refractivity contribution in [3.05, 3.63) is 58.7 Å². The van der Waals surface area contributed by atoms with Crippen LogP contribution in [0.25, 0.3) is 10.8 Å². The normalized spacial score (nSPS) is 27.2. The van der Waals surface area contributed by atoms with Crippen LogP contribution < -0.4 is 0 Å². The summed E-state index contributed by atoms with van der Waals surface area (Å²) in [5.41, 5.74) is 5.21. The maximum atomic E-state index is 13.5. The number of carbonyl (C=O) groups is 1. The fraction of sp³-hybridized carbons (Fsp3) is 0.458. The number of fused-ring (bicyclic) bond motifs is 5. The summed E-state index contributed by atoms with van der Waals surface area (Å²) < 4.78 is 0. The molecule has 0 N–H and O–H groups in total. The van der Waals surface area contributed by atoms with Crippen LogP contribution in [0.15, 0.2) is 42.0 Å². The van der Waals surface area contributed by atoms with Gasteiger partial charge in [0.25, 0.3) is 0 Å². The average Bonchev–Trinajstić information content (AvgIpc) is 3.24. The fourth-order valence-electron chi connectivity index (χ4n) is 5.55. The van der Waals surface area contributed by atoms with Crippen molar-refractivity contribution >= 4 is 16.6 Å². The van der Waals surface area contributed by atoms with Crippen LogP contribution in [0.2, 0.25) is 0 Å². The molecule has 128 valence electrons. The number of hydrogen-bond acceptors (Lipinski definition) is 1. The molecule has 2 aromatic rings. The van der Waals surface area contributed by atoms with E-state index in [4.69, 9.17) is 0 Å². The van der Waals surface area contributed by atoms with Crippen molar-refractivity contribution in [1.82, 2.24) is 0 Å². The summed E-state index contributed by atoms with van der Waals surface area (Å²) in [6, 6.07) is 11.3. The second kappa shape index (κ2) is 5.56. The standard InChI is InChI=1S/C24H26O/c1-2-3-4-16-5-7-18-14-22-19(13-20(18)11-16)9-10-24(23(22)25)15-17-6-8-21(24)12-17/h5-7,11,13-14,21H,2-4,8-10,12,15H2,1H3. The van der Waals surface area contributed by atoms with Gasteiger partial charge in [-0.15, -0.1) is 0 Å². The van der Waals surface area contributed by atoms with Gasteiger partial charge < -0.3 is 0 Å². The highest BCUT2D eigenvalue weighted by Crippen LogP contribution is 2.58. The van der Waals surface area contributed by atoms with Crippen LogP contribution in [0.4, 0.5) is 0 Å². The highest BCUT2D eigenvalue weighted by atomic mass is 16.1. The van der Waals surface area contributed by atoms with Gasteiger partial charge in [0.1, 0.15) is 0 Å². The molecule has 2 aromatic carbocycles. The van der Waals surface area contributed by atoms with E-state index in [0.717, 1.165) is 37.7 Å². The average molecular weight is 330 g/mol. The van der Waals surface area contributed by atoms with Gasteiger partial charge in [-0.2, -0.15) is 0 Å². The number of aryl methyl sites for hydroxylation is 2. The molecule has 2 atom stereocenters. The van der Waals surface area contributed by atoms with Crippen molar-refractivity contribution in [1.29, 1.82) is 0 Å². The molecule has 0 radical (unpaired) electrons. The molecule has 1 spiro atoms. The lowest BCUT2D eigenvalue weighted by Crippen LogP contribution is -2.39. The summed E-state index contributed by atoms with van der Waals surface area (Å²) in [6.07, 6.45) is 11.5. The Labute approximate surface area is 150 Å². The first-order chi connectivity index (χ1) is 12.2. The zero-order valence-corrected chi connectivity index (χ0v) is 15.1. The molecular weight excluding hydrogens is 304 g/mol. The lowest BCUT2D eigenvalue weighted by Gasteiger charge is -2.38. The Balaban J connectivity index is 1.55. The first-order valence-corrected chi connectivity index (χ1v) is 9.98. The van der Waals surface area contributed by atoms with E-state index in [-0.39, 0.29) is 5.41 Å². The Morgan fingerprint density at radius 1 is 1.16 bits per heavy atom. The van der Waals surface area contributed by atoms with E-state index in [1.807, 2.05) is 0 Å². The summed E-state index contributed by atoms with van der Waals surface area (Å²) in [5, 5.41) is 2.54. The number of ketones is 1. The number of carbonyl (C=O) groups excluding carboxylic acids is 1. The molecule has 2 bridgehead atoms. The molecule has 1 saturated carbocycles. The second-order valence-electron chi connectivity index (χ2n) is 8.46. The zero-order chi connectivity index (χ0) is 17.0. The molecule has 5 rings (SSSR count). The highest BCUT2D eigenvalue weighted by Gasteiger charge is 2.53. The SMILES string of the molecule is CCCCc1ccc2cc3c(cc2c1)CCC1(CC2=CCC1C2)C3=O. The van der Waals surface area contributed by atoms with E-state index < -0.39 is 0 Å². The Hall–Kier alpha value is -1.89. The quantitative estimate of drug-likeness (QED) is 0.627. The van der Waals surface area contributed by atoms with E-state index in [1.165, 1.54) is 41.2 Å². The van der Waals surface area contributed by atoms with Crippen molar-refractivity contribution in [2.24, 2.45) is 11.3 Å². The fourth-order valence-corrected chi connectivity index (χ4v) is 5.55. The predicted octanol–water partition coefficient (Wildman–Crippen LogP) is 6.04. The van der Waals surface area contributed by atoms with Crippen molar-refractivity contribution in [3.63, 3.8) is 0 Å². The Kier molecular flexibility index (Phi) is 3.42. The monoisotopic (exact) mass is 330 g/mol. The van der Waals surface area contributed by atoms with Crippen LogP contribution >= 0.6 is 0 Å². The number of hydrogen-bond donors (Lipinski definition) is 0. The molecule has 3 aliphatic carbocycles. The number of Topliss-reactive ketones (excluding diaryl/α,β-unsaturated/α-hetero) is 1. The van der Waals surface area contributed by atoms with Gasteiger partial charge in [0.2, 0.25) is 0 Å². The van der Waals surface area contributed by atoms with E-state index in [0.29, 0.717) is 11.7 Å². The molecule has 3 aliphatic rings. The van der Waals surface area contributed by atoms with Gasteiger partial charge in [-0.1, -0.05) is 49.3 Å². The lowest BCUT2D eigenvalue weighted by molar-refractivity contribution is 0.0671. The minimum atomic E-state index is -0.0637.